The molecule has 5 nitrogen and oxygen atoms in total. The van der Waals surface area contributed by atoms with E-state index in [4.69, 9.17) is 9.15 Å². The van der Waals surface area contributed by atoms with E-state index in [1.165, 1.54) is 11.1 Å². The molecule has 4 rings (SSSR count). The van der Waals surface area contributed by atoms with Crippen LogP contribution in [0.1, 0.15) is 36.1 Å². The highest BCUT2D eigenvalue weighted by Crippen LogP contribution is 2.29. The first kappa shape index (κ1) is 16.9. The molecule has 0 spiro atoms. The average Bonchev–Trinajstić information content (AvgIpc) is 3.18. The Morgan fingerprint density at radius 1 is 1.08 bits per heavy atom. The largest absolute Gasteiger partial charge is 0.419 e. The van der Waals surface area contributed by atoms with Gasteiger partial charge in [0.1, 0.15) is 0 Å². The van der Waals surface area contributed by atoms with Crippen molar-refractivity contribution in [1.29, 1.82) is 0 Å². The third-order valence-electron chi connectivity index (χ3n) is 4.88. The second-order valence-electron chi connectivity index (χ2n) is 6.76. The third kappa shape index (κ3) is 3.54. The number of morpholine rings is 1. The molecular weight excluding hydrogens is 326 g/mol. The number of benzene rings is 2. The maximum absolute atomic E-state index is 5.98. The first-order valence-corrected chi connectivity index (χ1v) is 9.02. The van der Waals surface area contributed by atoms with Crippen molar-refractivity contribution in [2.45, 2.75) is 26.0 Å². The predicted octanol–water partition coefficient (Wildman–Crippen LogP) is 4.18. The lowest BCUT2D eigenvalue weighted by molar-refractivity contribution is -0.0463. The van der Waals surface area contributed by atoms with Crippen LogP contribution in [0.2, 0.25) is 0 Å². The maximum Gasteiger partial charge on any atom is 0.247 e. The molecule has 0 bridgehead atoms. The van der Waals surface area contributed by atoms with Crippen molar-refractivity contribution < 1.29 is 9.15 Å². The Bertz CT molecular complexity index is 862. The van der Waals surface area contributed by atoms with Crippen molar-refractivity contribution in [2.75, 3.05) is 19.7 Å². The van der Waals surface area contributed by atoms with Crippen LogP contribution in [0.4, 0.5) is 0 Å². The molecule has 5 heteroatoms. The summed E-state index contributed by atoms with van der Waals surface area (Å²) in [6, 6.07) is 18.5. The normalized spacial score (nSPS) is 19.4. The van der Waals surface area contributed by atoms with Gasteiger partial charge >= 0.3 is 0 Å². The molecule has 1 fully saturated rings. The lowest BCUT2D eigenvalue weighted by Crippen LogP contribution is -2.40. The van der Waals surface area contributed by atoms with Gasteiger partial charge in [-0.2, -0.15) is 0 Å². The van der Waals surface area contributed by atoms with Gasteiger partial charge in [-0.15, -0.1) is 10.2 Å². The molecule has 0 saturated carbocycles. The molecule has 3 aromatic rings. The van der Waals surface area contributed by atoms with Crippen molar-refractivity contribution >= 4 is 0 Å². The molecule has 2 heterocycles. The minimum absolute atomic E-state index is 0.0520. The molecule has 134 valence electrons. The molecule has 0 aliphatic carbocycles. The zero-order valence-corrected chi connectivity index (χ0v) is 15.1. The molecule has 0 amide bonds. The Balaban J connectivity index is 1.50. The lowest BCUT2D eigenvalue weighted by Gasteiger charge is -2.35. The monoisotopic (exact) mass is 349 g/mol. The summed E-state index contributed by atoms with van der Waals surface area (Å²) in [6.45, 7) is 6.53. The second kappa shape index (κ2) is 7.40. The van der Waals surface area contributed by atoms with Crippen molar-refractivity contribution in [1.82, 2.24) is 15.1 Å². The molecule has 1 aliphatic rings. The first-order chi connectivity index (χ1) is 12.7. The Morgan fingerprint density at radius 3 is 2.73 bits per heavy atom. The van der Waals surface area contributed by atoms with Crippen LogP contribution in [0.25, 0.3) is 11.5 Å². The van der Waals surface area contributed by atoms with Crippen LogP contribution in [-0.2, 0) is 4.74 Å². The summed E-state index contributed by atoms with van der Waals surface area (Å²) in [5.74, 6) is 1.22. The molecule has 1 aromatic heterocycles. The van der Waals surface area contributed by atoms with E-state index < -0.39 is 0 Å². The summed E-state index contributed by atoms with van der Waals surface area (Å²) in [6.07, 6.45) is 0.0755. The summed E-state index contributed by atoms with van der Waals surface area (Å²) < 4.78 is 11.9. The zero-order chi connectivity index (χ0) is 17.9. The Morgan fingerprint density at radius 2 is 1.92 bits per heavy atom. The van der Waals surface area contributed by atoms with E-state index in [9.17, 15) is 0 Å². The molecule has 2 aromatic carbocycles. The summed E-state index contributed by atoms with van der Waals surface area (Å²) in [4.78, 5) is 2.34. The van der Waals surface area contributed by atoms with Crippen LogP contribution in [0.15, 0.2) is 59.0 Å². The van der Waals surface area contributed by atoms with E-state index in [1.54, 1.807) is 0 Å². The Hall–Kier alpha value is -2.50. The fourth-order valence-corrected chi connectivity index (χ4v) is 3.34. The number of hydrogen-bond donors (Lipinski definition) is 0. The number of rotatable bonds is 4. The van der Waals surface area contributed by atoms with E-state index >= 15 is 0 Å². The van der Waals surface area contributed by atoms with Crippen LogP contribution in [0.3, 0.4) is 0 Å². The Labute approximate surface area is 153 Å². The molecule has 2 atom stereocenters. The van der Waals surface area contributed by atoms with Crippen LogP contribution in [-0.4, -0.2) is 34.8 Å². The summed E-state index contributed by atoms with van der Waals surface area (Å²) >= 11 is 0. The highest BCUT2D eigenvalue weighted by molar-refractivity contribution is 5.53. The topological polar surface area (TPSA) is 51.4 Å². The fourth-order valence-electron chi connectivity index (χ4n) is 3.34. The molecule has 0 radical (unpaired) electrons. The zero-order valence-electron chi connectivity index (χ0n) is 15.1. The van der Waals surface area contributed by atoms with E-state index in [1.807, 2.05) is 30.3 Å². The summed E-state index contributed by atoms with van der Waals surface area (Å²) in [5.41, 5.74) is 3.34. The molecule has 26 heavy (non-hydrogen) atoms. The van der Waals surface area contributed by atoms with Crippen LogP contribution in [0.5, 0.6) is 0 Å². The van der Waals surface area contributed by atoms with Crippen LogP contribution < -0.4 is 0 Å². The van der Waals surface area contributed by atoms with E-state index in [-0.39, 0.29) is 12.1 Å². The maximum atomic E-state index is 5.98. The predicted molar refractivity (Wildman–Crippen MR) is 99.6 cm³/mol. The smallest absolute Gasteiger partial charge is 0.247 e. The van der Waals surface area contributed by atoms with Crippen molar-refractivity contribution in [3.05, 3.63) is 71.6 Å². The van der Waals surface area contributed by atoms with E-state index in [0.29, 0.717) is 18.4 Å². The quantitative estimate of drug-likeness (QED) is 0.707. The van der Waals surface area contributed by atoms with Gasteiger partial charge in [0.25, 0.3) is 0 Å². The first-order valence-electron chi connectivity index (χ1n) is 9.02. The molecular formula is C21H23N3O2. The minimum Gasteiger partial charge on any atom is -0.419 e. The average molecular weight is 349 g/mol. The van der Waals surface area contributed by atoms with Crippen LogP contribution >= 0.6 is 0 Å². The highest BCUT2D eigenvalue weighted by atomic mass is 16.5. The fraction of sp³-hybridized carbons (Fsp3) is 0.333. The van der Waals surface area contributed by atoms with Crippen molar-refractivity contribution in [3.63, 3.8) is 0 Å². The van der Waals surface area contributed by atoms with Gasteiger partial charge in [-0.25, -0.2) is 0 Å². The van der Waals surface area contributed by atoms with Crippen molar-refractivity contribution in [2.24, 2.45) is 0 Å². The SMILES string of the molecule is Cc1cccc(-c2nnc([C@@H](C)N3CCO[C@H](c4ccccc4)C3)o2)c1. The van der Waals surface area contributed by atoms with Gasteiger partial charge in [0, 0.05) is 18.7 Å². The molecule has 0 unspecified atom stereocenters. The van der Waals surface area contributed by atoms with Gasteiger partial charge in [0.2, 0.25) is 11.8 Å². The van der Waals surface area contributed by atoms with E-state index in [2.05, 4.69) is 53.2 Å². The summed E-state index contributed by atoms with van der Waals surface area (Å²) in [7, 11) is 0. The number of ether oxygens (including phenoxy) is 1. The second-order valence-corrected chi connectivity index (χ2v) is 6.76. The number of hydrogen-bond acceptors (Lipinski definition) is 5. The number of aryl methyl sites for hydroxylation is 1. The van der Waals surface area contributed by atoms with Gasteiger partial charge < -0.3 is 9.15 Å². The van der Waals surface area contributed by atoms with Gasteiger partial charge in [0.05, 0.1) is 18.8 Å². The highest BCUT2D eigenvalue weighted by Gasteiger charge is 2.28. The standard InChI is InChI=1S/C21H23N3O2/c1-15-7-6-10-18(13-15)21-23-22-20(26-21)16(2)24-11-12-25-19(14-24)17-8-4-3-5-9-17/h3-10,13,16,19H,11-12,14H2,1-2H3/t16-,19+/m1/s1. The Kier molecular flexibility index (Phi) is 4.82. The molecule has 0 N–H and O–H groups in total. The number of nitrogens with zero attached hydrogens (tertiary/aromatic N) is 3. The number of aromatic nitrogens is 2. The molecule has 1 aliphatic heterocycles. The van der Waals surface area contributed by atoms with E-state index in [0.717, 1.165) is 18.7 Å². The van der Waals surface area contributed by atoms with Crippen LogP contribution in [0, 0.1) is 6.92 Å². The van der Waals surface area contributed by atoms with Gasteiger partial charge in [-0.3, -0.25) is 4.90 Å². The van der Waals surface area contributed by atoms with Crippen molar-refractivity contribution in [3.8, 4) is 11.5 Å². The minimum atomic E-state index is 0.0520. The molecule has 1 saturated heterocycles. The lowest BCUT2D eigenvalue weighted by atomic mass is 10.1. The van der Waals surface area contributed by atoms with Gasteiger partial charge in [-0.05, 0) is 31.5 Å². The van der Waals surface area contributed by atoms with Gasteiger partial charge in [0.15, 0.2) is 0 Å². The third-order valence-corrected chi connectivity index (χ3v) is 4.88. The van der Waals surface area contributed by atoms with Gasteiger partial charge in [-0.1, -0.05) is 48.0 Å². The summed E-state index contributed by atoms with van der Waals surface area (Å²) in [5, 5.41) is 8.54.